The smallest absolute Gasteiger partial charge is 0.0876 e. The third-order valence-electron chi connectivity index (χ3n) is 2.93. The Hall–Kier alpha value is 0.270. The van der Waals surface area contributed by atoms with Crippen molar-refractivity contribution in [2.45, 2.75) is 19.3 Å². The zero-order valence-electron chi connectivity index (χ0n) is 7.84. The fraction of sp³-hybridized carbons (Fsp3) is 1.00. The van der Waals surface area contributed by atoms with E-state index in [-0.39, 0.29) is 0 Å². The Kier molecular flexibility index (Phi) is 4.40. The van der Waals surface area contributed by atoms with Gasteiger partial charge in [-0.05, 0) is 6.54 Å². The molecule has 1 aliphatic rings. The Labute approximate surface area is 81.1 Å². The Morgan fingerprint density at radius 3 is 2.33 bits per heavy atom. The summed E-state index contributed by atoms with van der Waals surface area (Å²) in [7, 11) is 0. The predicted molar refractivity (Wildman–Crippen MR) is 56.5 cm³/mol. The summed E-state index contributed by atoms with van der Waals surface area (Å²) in [6, 6.07) is 0. The van der Waals surface area contributed by atoms with Crippen LogP contribution in [0, 0.1) is 0 Å². The molecule has 2 N–H and O–H groups in total. The highest BCUT2D eigenvalue weighted by Gasteiger charge is 2.29. The summed E-state index contributed by atoms with van der Waals surface area (Å²) < 4.78 is 1.29. The molecular formula is C9H21N2S+. The zero-order valence-corrected chi connectivity index (χ0v) is 8.73. The first-order valence-corrected chi connectivity index (χ1v) is 5.62. The van der Waals surface area contributed by atoms with Gasteiger partial charge in [-0.3, -0.25) is 0 Å². The summed E-state index contributed by atoms with van der Waals surface area (Å²) in [4.78, 5) is 0. The molecule has 0 aromatic carbocycles. The maximum Gasteiger partial charge on any atom is 0.0876 e. The minimum Gasteiger partial charge on any atom is -0.330 e. The standard InChI is InChI=1S/C9H20N2S/c10-4-3-7-11(8-9-12)5-1-2-6-11/h1-10H2/p+1. The first kappa shape index (κ1) is 10.4. The summed E-state index contributed by atoms with van der Waals surface area (Å²) in [5.41, 5.74) is 5.53. The van der Waals surface area contributed by atoms with E-state index in [4.69, 9.17) is 5.73 Å². The van der Waals surface area contributed by atoms with Gasteiger partial charge in [0.15, 0.2) is 0 Å². The third kappa shape index (κ3) is 2.64. The van der Waals surface area contributed by atoms with Gasteiger partial charge in [0.1, 0.15) is 0 Å². The molecule has 1 fully saturated rings. The molecule has 0 saturated carbocycles. The van der Waals surface area contributed by atoms with E-state index in [1.54, 1.807) is 0 Å². The summed E-state index contributed by atoms with van der Waals surface area (Å²) in [6.45, 7) is 6.08. The van der Waals surface area contributed by atoms with E-state index in [0.29, 0.717) is 0 Å². The van der Waals surface area contributed by atoms with E-state index >= 15 is 0 Å². The predicted octanol–water partition coefficient (Wildman–Crippen LogP) is 0.876. The third-order valence-corrected chi connectivity index (χ3v) is 3.13. The molecule has 2 nitrogen and oxygen atoms in total. The van der Waals surface area contributed by atoms with E-state index in [9.17, 15) is 0 Å². The topological polar surface area (TPSA) is 26.0 Å². The molecule has 1 rings (SSSR count). The number of hydrogen-bond acceptors (Lipinski definition) is 2. The van der Waals surface area contributed by atoms with Crippen molar-refractivity contribution in [3.05, 3.63) is 0 Å². The second-order valence-corrected chi connectivity index (χ2v) is 4.26. The van der Waals surface area contributed by atoms with Crippen LogP contribution in [0.4, 0.5) is 0 Å². The molecule has 0 amide bonds. The molecule has 3 heteroatoms. The van der Waals surface area contributed by atoms with Gasteiger partial charge in [-0.15, -0.1) is 0 Å². The van der Waals surface area contributed by atoms with Crippen LogP contribution < -0.4 is 5.73 Å². The highest BCUT2D eigenvalue weighted by molar-refractivity contribution is 7.80. The van der Waals surface area contributed by atoms with Crippen LogP contribution in [-0.2, 0) is 0 Å². The molecule has 1 aliphatic heterocycles. The van der Waals surface area contributed by atoms with Crippen molar-refractivity contribution in [3.8, 4) is 0 Å². The van der Waals surface area contributed by atoms with Gasteiger partial charge in [0.25, 0.3) is 0 Å². The van der Waals surface area contributed by atoms with Gasteiger partial charge >= 0.3 is 0 Å². The van der Waals surface area contributed by atoms with Crippen molar-refractivity contribution in [3.63, 3.8) is 0 Å². The molecule has 0 aromatic heterocycles. The van der Waals surface area contributed by atoms with Gasteiger partial charge in [-0.2, -0.15) is 12.6 Å². The number of quaternary nitrogens is 1. The molecule has 72 valence electrons. The van der Waals surface area contributed by atoms with Crippen molar-refractivity contribution in [2.75, 3.05) is 38.5 Å². The van der Waals surface area contributed by atoms with Crippen LogP contribution in [-0.4, -0.2) is 43.0 Å². The average molecular weight is 189 g/mol. The Bertz CT molecular complexity index is 122. The van der Waals surface area contributed by atoms with Gasteiger partial charge < -0.3 is 10.2 Å². The first-order chi connectivity index (χ1) is 5.83. The molecule has 0 aromatic rings. The fourth-order valence-corrected chi connectivity index (χ4v) is 2.63. The van der Waals surface area contributed by atoms with E-state index in [1.165, 1.54) is 49.9 Å². The molecule has 1 heterocycles. The number of nitrogens with two attached hydrogens (primary N) is 1. The fourth-order valence-electron chi connectivity index (χ4n) is 2.20. The zero-order chi connectivity index (χ0) is 8.86. The second kappa shape index (κ2) is 5.10. The molecule has 0 bridgehead atoms. The highest BCUT2D eigenvalue weighted by atomic mass is 32.1. The number of hydrogen-bond donors (Lipinski definition) is 2. The molecule has 0 atom stereocenters. The first-order valence-electron chi connectivity index (χ1n) is 4.99. The van der Waals surface area contributed by atoms with Crippen molar-refractivity contribution in [1.29, 1.82) is 0 Å². The van der Waals surface area contributed by atoms with Crippen molar-refractivity contribution < 1.29 is 4.48 Å². The largest absolute Gasteiger partial charge is 0.330 e. The monoisotopic (exact) mass is 189 g/mol. The molecule has 0 aliphatic carbocycles. The molecule has 0 radical (unpaired) electrons. The SMILES string of the molecule is NCCC[N+]1(CCS)CCCC1. The lowest BCUT2D eigenvalue weighted by molar-refractivity contribution is -0.914. The van der Waals surface area contributed by atoms with Gasteiger partial charge in [0.2, 0.25) is 0 Å². The lowest BCUT2D eigenvalue weighted by Crippen LogP contribution is -2.47. The van der Waals surface area contributed by atoms with Crippen molar-refractivity contribution in [1.82, 2.24) is 0 Å². The Balaban J connectivity index is 2.35. The van der Waals surface area contributed by atoms with E-state index in [1.807, 2.05) is 0 Å². The number of likely N-dealkylation sites (tertiary alicyclic amines) is 1. The minimum atomic E-state index is 0.840. The normalized spacial score (nSPS) is 21.5. The Morgan fingerprint density at radius 2 is 1.83 bits per heavy atom. The average Bonchev–Trinajstić information content (AvgIpc) is 2.51. The van der Waals surface area contributed by atoms with Crippen LogP contribution in [0.25, 0.3) is 0 Å². The van der Waals surface area contributed by atoms with Crippen LogP contribution in [0.1, 0.15) is 19.3 Å². The minimum absolute atomic E-state index is 0.840. The summed E-state index contributed by atoms with van der Waals surface area (Å²) in [6.07, 6.45) is 3.98. The molecule has 1 saturated heterocycles. The maximum absolute atomic E-state index is 5.53. The van der Waals surface area contributed by atoms with E-state index < -0.39 is 0 Å². The van der Waals surface area contributed by atoms with Crippen LogP contribution >= 0.6 is 12.6 Å². The highest BCUT2D eigenvalue weighted by Crippen LogP contribution is 2.19. The number of rotatable bonds is 5. The molecule has 0 spiro atoms. The van der Waals surface area contributed by atoms with Gasteiger partial charge in [-0.1, -0.05) is 0 Å². The molecule has 12 heavy (non-hydrogen) atoms. The van der Waals surface area contributed by atoms with Crippen molar-refractivity contribution >= 4 is 12.6 Å². The molecule has 0 unspecified atom stereocenters. The van der Waals surface area contributed by atoms with Crippen molar-refractivity contribution in [2.24, 2.45) is 5.73 Å². The van der Waals surface area contributed by atoms with E-state index in [0.717, 1.165) is 12.3 Å². The lowest BCUT2D eigenvalue weighted by atomic mass is 10.3. The summed E-state index contributed by atoms with van der Waals surface area (Å²) in [5.74, 6) is 1.02. The van der Waals surface area contributed by atoms with Crippen LogP contribution in [0.3, 0.4) is 0 Å². The number of thiol groups is 1. The second-order valence-electron chi connectivity index (χ2n) is 3.81. The van der Waals surface area contributed by atoms with Crippen LogP contribution in [0.5, 0.6) is 0 Å². The summed E-state index contributed by atoms with van der Waals surface area (Å²) >= 11 is 4.32. The summed E-state index contributed by atoms with van der Waals surface area (Å²) in [5, 5.41) is 0. The Morgan fingerprint density at radius 1 is 1.17 bits per heavy atom. The maximum atomic E-state index is 5.53. The van der Waals surface area contributed by atoms with Gasteiger partial charge in [0.05, 0.1) is 26.2 Å². The van der Waals surface area contributed by atoms with Crippen LogP contribution in [0.15, 0.2) is 0 Å². The quantitative estimate of drug-likeness (QED) is 0.487. The van der Waals surface area contributed by atoms with Gasteiger partial charge in [-0.25, -0.2) is 0 Å². The van der Waals surface area contributed by atoms with Crippen LogP contribution in [0.2, 0.25) is 0 Å². The van der Waals surface area contributed by atoms with Gasteiger partial charge in [0, 0.05) is 25.0 Å². The van der Waals surface area contributed by atoms with E-state index in [2.05, 4.69) is 12.6 Å². The lowest BCUT2D eigenvalue weighted by Gasteiger charge is -2.33. The number of nitrogens with zero attached hydrogens (tertiary/aromatic N) is 1. The molecular weight excluding hydrogens is 168 g/mol.